The zero-order chi connectivity index (χ0) is 24.1. The fourth-order valence-corrected chi connectivity index (χ4v) is 4.26. The number of aromatic nitrogens is 2. The molecule has 33 heavy (non-hydrogen) atoms. The van der Waals surface area contributed by atoms with Crippen LogP contribution in [-0.4, -0.2) is 42.2 Å². The van der Waals surface area contributed by atoms with Crippen LogP contribution < -0.4 is 31.5 Å². The molecule has 1 amide bonds. The number of nitrogen functional groups attached to an aromatic ring is 1. The summed E-state index contributed by atoms with van der Waals surface area (Å²) in [6.07, 6.45) is 3.40. The Balaban J connectivity index is 1.95. The number of benzene rings is 1. The minimum absolute atomic E-state index is 0.00136. The van der Waals surface area contributed by atoms with E-state index in [4.69, 9.17) is 10.5 Å². The molecule has 3 rings (SSSR count). The van der Waals surface area contributed by atoms with Gasteiger partial charge in [0.05, 0.1) is 13.7 Å². The standard InChI is InChI=1S/C24H35N5O4/c1-5-6-11-27(21-22(25)29(14-16(2)3)24(32)26-23(21)31)15-20(30)28-12-7-8-17-13-18(33-4)9-10-19(17)28/h9-10,13,16H,5-8,11-12,14-15,25H2,1-4H3,(H,26,31,32). The van der Waals surface area contributed by atoms with Crippen LogP contribution in [-0.2, 0) is 17.8 Å². The maximum atomic E-state index is 13.4. The highest BCUT2D eigenvalue weighted by Crippen LogP contribution is 2.31. The first-order chi connectivity index (χ1) is 15.8. The number of aromatic amines is 1. The molecular weight excluding hydrogens is 422 g/mol. The summed E-state index contributed by atoms with van der Waals surface area (Å²) >= 11 is 0. The smallest absolute Gasteiger partial charge is 0.330 e. The van der Waals surface area contributed by atoms with E-state index in [1.54, 1.807) is 16.9 Å². The van der Waals surface area contributed by atoms with Gasteiger partial charge in [0.15, 0.2) is 0 Å². The van der Waals surface area contributed by atoms with Gasteiger partial charge in [-0.15, -0.1) is 0 Å². The number of fused-ring (bicyclic) bond motifs is 1. The monoisotopic (exact) mass is 457 g/mol. The molecule has 9 nitrogen and oxygen atoms in total. The molecular formula is C24H35N5O4. The van der Waals surface area contributed by atoms with Gasteiger partial charge in [-0.3, -0.25) is 19.1 Å². The van der Waals surface area contributed by atoms with E-state index in [0.717, 1.165) is 42.7 Å². The van der Waals surface area contributed by atoms with Crippen molar-refractivity contribution >= 4 is 23.1 Å². The van der Waals surface area contributed by atoms with Gasteiger partial charge in [0.1, 0.15) is 17.3 Å². The normalized spacial score (nSPS) is 13.2. The van der Waals surface area contributed by atoms with Crippen LogP contribution in [0.5, 0.6) is 5.75 Å². The highest BCUT2D eigenvalue weighted by Gasteiger charge is 2.27. The van der Waals surface area contributed by atoms with Gasteiger partial charge in [-0.2, -0.15) is 0 Å². The molecule has 1 aliphatic rings. The Morgan fingerprint density at radius 2 is 2.06 bits per heavy atom. The fraction of sp³-hybridized carbons (Fsp3) is 0.542. The Hall–Kier alpha value is -3.23. The number of amides is 1. The predicted octanol–water partition coefficient (Wildman–Crippen LogP) is 2.37. The lowest BCUT2D eigenvalue weighted by Gasteiger charge is -2.33. The van der Waals surface area contributed by atoms with E-state index in [9.17, 15) is 14.4 Å². The number of rotatable bonds is 9. The minimum Gasteiger partial charge on any atom is -0.497 e. The molecule has 1 aromatic heterocycles. The van der Waals surface area contributed by atoms with Gasteiger partial charge in [0, 0.05) is 25.3 Å². The summed E-state index contributed by atoms with van der Waals surface area (Å²) < 4.78 is 6.71. The average molecular weight is 458 g/mol. The first kappa shape index (κ1) is 24.4. The number of H-pyrrole nitrogens is 1. The minimum atomic E-state index is -0.565. The van der Waals surface area contributed by atoms with Crippen LogP contribution in [0.3, 0.4) is 0 Å². The second-order valence-corrected chi connectivity index (χ2v) is 8.92. The number of aryl methyl sites for hydroxylation is 1. The highest BCUT2D eigenvalue weighted by atomic mass is 16.5. The summed E-state index contributed by atoms with van der Waals surface area (Å²) in [6.45, 7) is 7.46. The SMILES string of the molecule is CCCCN(CC(=O)N1CCCc2cc(OC)ccc21)c1c(N)n(CC(C)C)c(=O)[nH]c1=O. The molecule has 2 aromatic rings. The second kappa shape index (κ2) is 10.6. The van der Waals surface area contributed by atoms with Gasteiger partial charge in [-0.25, -0.2) is 4.79 Å². The van der Waals surface area contributed by atoms with Gasteiger partial charge < -0.3 is 20.3 Å². The topological polar surface area (TPSA) is 114 Å². The van der Waals surface area contributed by atoms with E-state index < -0.39 is 11.2 Å². The summed E-state index contributed by atoms with van der Waals surface area (Å²) in [4.78, 5) is 44.5. The van der Waals surface area contributed by atoms with E-state index in [-0.39, 0.29) is 29.9 Å². The molecule has 0 fully saturated rings. The third-order valence-corrected chi connectivity index (χ3v) is 5.89. The molecule has 180 valence electrons. The second-order valence-electron chi connectivity index (χ2n) is 8.92. The summed E-state index contributed by atoms with van der Waals surface area (Å²) in [5, 5.41) is 0. The molecule has 0 bridgehead atoms. The quantitative estimate of drug-likeness (QED) is 0.598. The number of anilines is 3. The number of nitrogens with one attached hydrogen (secondary N) is 1. The first-order valence-electron chi connectivity index (χ1n) is 11.6. The molecule has 0 atom stereocenters. The highest BCUT2D eigenvalue weighted by molar-refractivity contribution is 5.98. The van der Waals surface area contributed by atoms with Crippen molar-refractivity contribution in [1.29, 1.82) is 0 Å². The van der Waals surface area contributed by atoms with E-state index in [2.05, 4.69) is 4.98 Å². The van der Waals surface area contributed by atoms with Gasteiger partial charge >= 0.3 is 5.69 Å². The van der Waals surface area contributed by atoms with Crippen LogP contribution in [0, 0.1) is 5.92 Å². The van der Waals surface area contributed by atoms with E-state index in [0.29, 0.717) is 19.6 Å². The van der Waals surface area contributed by atoms with Crippen molar-refractivity contribution in [2.45, 2.75) is 53.0 Å². The fourth-order valence-electron chi connectivity index (χ4n) is 4.26. The summed E-state index contributed by atoms with van der Waals surface area (Å²) in [6, 6.07) is 5.73. The molecule has 2 heterocycles. The summed E-state index contributed by atoms with van der Waals surface area (Å²) in [7, 11) is 1.62. The lowest BCUT2D eigenvalue weighted by atomic mass is 10.0. The zero-order valence-electron chi connectivity index (χ0n) is 20.0. The Morgan fingerprint density at radius 3 is 2.73 bits per heavy atom. The number of nitrogens with two attached hydrogens (primary N) is 1. The molecule has 9 heteroatoms. The van der Waals surface area contributed by atoms with Crippen LogP contribution in [0.2, 0.25) is 0 Å². The summed E-state index contributed by atoms with van der Waals surface area (Å²) in [5.74, 6) is 0.915. The van der Waals surface area contributed by atoms with Gasteiger partial charge in [-0.1, -0.05) is 27.2 Å². The maximum Gasteiger partial charge on any atom is 0.330 e. The Kier molecular flexibility index (Phi) is 7.84. The number of unbranched alkanes of at least 4 members (excludes halogenated alkanes) is 1. The van der Waals surface area contributed by atoms with Crippen molar-refractivity contribution < 1.29 is 9.53 Å². The van der Waals surface area contributed by atoms with Crippen LogP contribution in [0.4, 0.5) is 17.2 Å². The average Bonchev–Trinajstić information content (AvgIpc) is 2.78. The van der Waals surface area contributed by atoms with Crippen molar-refractivity contribution in [2.75, 3.05) is 42.3 Å². The van der Waals surface area contributed by atoms with Crippen molar-refractivity contribution in [3.63, 3.8) is 0 Å². The van der Waals surface area contributed by atoms with Crippen molar-refractivity contribution in [3.05, 3.63) is 44.6 Å². The van der Waals surface area contributed by atoms with Crippen LogP contribution in [0.15, 0.2) is 27.8 Å². The van der Waals surface area contributed by atoms with Crippen molar-refractivity contribution in [1.82, 2.24) is 9.55 Å². The van der Waals surface area contributed by atoms with Crippen molar-refractivity contribution in [2.24, 2.45) is 5.92 Å². The molecule has 1 aromatic carbocycles. The first-order valence-corrected chi connectivity index (χ1v) is 11.6. The number of carbonyl (C=O) groups is 1. The Labute approximate surface area is 194 Å². The largest absolute Gasteiger partial charge is 0.497 e. The van der Waals surface area contributed by atoms with Gasteiger partial charge in [-0.05, 0) is 48.9 Å². The van der Waals surface area contributed by atoms with Crippen LogP contribution in [0.1, 0.15) is 45.6 Å². The number of methoxy groups -OCH3 is 1. The Morgan fingerprint density at radius 1 is 1.30 bits per heavy atom. The van der Waals surface area contributed by atoms with Crippen molar-refractivity contribution in [3.8, 4) is 5.75 Å². The molecule has 0 radical (unpaired) electrons. The van der Waals surface area contributed by atoms with E-state index in [1.165, 1.54) is 4.57 Å². The van der Waals surface area contributed by atoms with Gasteiger partial charge in [0.25, 0.3) is 5.56 Å². The third kappa shape index (κ3) is 5.40. The molecule has 0 spiro atoms. The summed E-state index contributed by atoms with van der Waals surface area (Å²) in [5.41, 5.74) is 7.36. The number of nitrogens with zero attached hydrogens (tertiary/aromatic N) is 3. The van der Waals surface area contributed by atoms with Crippen LogP contribution >= 0.6 is 0 Å². The molecule has 0 saturated heterocycles. The molecule has 0 saturated carbocycles. The predicted molar refractivity (Wildman–Crippen MR) is 131 cm³/mol. The zero-order valence-corrected chi connectivity index (χ0v) is 20.0. The lowest BCUT2D eigenvalue weighted by molar-refractivity contribution is -0.117. The molecule has 3 N–H and O–H groups in total. The maximum absolute atomic E-state index is 13.4. The Bertz CT molecular complexity index is 1110. The van der Waals surface area contributed by atoms with Crippen LogP contribution in [0.25, 0.3) is 0 Å². The molecule has 0 aliphatic carbocycles. The number of ether oxygens (including phenoxy) is 1. The van der Waals surface area contributed by atoms with Gasteiger partial charge in [0.2, 0.25) is 5.91 Å². The molecule has 0 unspecified atom stereocenters. The van der Waals surface area contributed by atoms with E-state index >= 15 is 0 Å². The lowest BCUT2D eigenvalue weighted by Crippen LogP contribution is -2.46. The number of carbonyl (C=O) groups excluding carboxylic acids is 1. The van der Waals surface area contributed by atoms with E-state index in [1.807, 2.05) is 39.0 Å². The number of hydrogen-bond acceptors (Lipinski definition) is 6. The number of hydrogen-bond donors (Lipinski definition) is 2. The molecule has 1 aliphatic heterocycles. The third-order valence-electron chi connectivity index (χ3n) is 5.89.